The summed E-state index contributed by atoms with van der Waals surface area (Å²) in [5.74, 6) is 6.83. The van der Waals surface area contributed by atoms with E-state index in [0.717, 1.165) is 22.0 Å². The summed E-state index contributed by atoms with van der Waals surface area (Å²) in [6, 6.07) is 19.3. The van der Waals surface area contributed by atoms with Gasteiger partial charge in [-0.05, 0) is 48.7 Å². The predicted octanol–water partition coefficient (Wildman–Crippen LogP) is 4.75. The van der Waals surface area contributed by atoms with E-state index in [2.05, 4.69) is 26.8 Å². The van der Waals surface area contributed by atoms with Gasteiger partial charge < -0.3 is 5.11 Å². The molecule has 0 aliphatic carbocycles. The first kappa shape index (κ1) is 20.0. The van der Waals surface area contributed by atoms with Gasteiger partial charge in [0.15, 0.2) is 5.82 Å². The van der Waals surface area contributed by atoms with E-state index in [9.17, 15) is 0 Å². The van der Waals surface area contributed by atoms with Crippen molar-refractivity contribution >= 4 is 29.0 Å². The first-order chi connectivity index (χ1) is 14.1. The second-order valence-electron chi connectivity index (χ2n) is 5.98. The molecule has 0 amide bonds. The van der Waals surface area contributed by atoms with Crippen LogP contribution in [0.25, 0.3) is 22.4 Å². The Bertz CT molecular complexity index is 1230. The molecule has 4 aromatic rings. The van der Waals surface area contributed by atoms with E-state index in [-0.39, 0.29) is 6.47 Å². The molecule has 6 heteroatoms. The van der Waals surface area contributed by atoms with Gasteiger partial charge in [-0.3, -0.25) is 4.79 Å². The lowest BCUT2D eigenvalue weighted by atomic mass is 10.1. The maximum absolute atomic E-state index is 8.36. The van der Waals surface area contributed by atoms with E-state index in [1.165, 1.54) is 0 Å². The molecule has 0 bridgehead atoms. The molecule has 29 heavy (non-hydrogen) atoms. The third-order valence-corrected chi connectivity index (χ3v) is 4.20. The molecule has 0 aliphatic rings. The number of carbonyl (C=O) groups is 1. The Morgan fingerprint density at radius 2 is 1.79 bits per heavy atom. The molecule has 0 saturated carbocycles. The summed E-state index contributed by atoms with van der Waals surface area (Å²) in [5.41, 5.74) is 4.16. The summed E-state index contributed by atoms with van der Waals surface area (Å²) < 4.78 is 0. The minimum atomic E-state index is -0.250. The van der Waals surface area contributed by atoms with E-state index in [1.54, 1.807) is 0 Å². The van der Waals surface area contributed by atoms with Crippen LogP contribution in [-0.2, 0) is 4.79 Å². The molecule has 0 atom stereocenters. The van der Waals surface area contributed by atoms with Crippen LogP contribution < -0.4 is 0 Å². The number of aromatic nitrogens is 3. The van der Waals surface area contributed by atoms with E-state index < -0.39 is 0 Å². The highest BCUT2D eigenvalue weighted by molar-refractivity contribution is 6.30. The summed E-state index contributed by atoms with van der Waals surface area (Å²) in [4.78, 5) is 22.1. The molecule has 2 aromatic carbocycles. The van der Waals surface area contributed by atoms with Gasteiger partial charge in [0.2, 0.25) is 0 Å². The Morgan fingerprint density at radius 1 is 1.00 bits per heavy atom. The third-order valence-electron chi connectivity index (χ3n) is 3.96. The molecular weight excluding hydrogens is 386 g/mol. The molecule has 2 heterocycles. The quantitative estimate of drug-likeness (QED) is 0.368. The van der Waals surface area contributed by atoms with Gasteiger partial charge in [-0.15, -0.1) is 0 Å². The fourth-order valence-corrected chi connectivity index (χ4v) is 2.76. The number of aryl methyl sites for hydroxylation is 1. The summed E-state index contributed by atoms with van der Waals surface area (Å²) >= 11 is 6.01. The Balaban J connectivity index is 0.000000755. The second-order valence-corrected chi connectivity index (χ2v) is 6.42. The van der Waals surface area contributed by atoms with Gasteiger partial charge in [0.05, 0.1) is 5.52 Å². The lowest BCUT2D eigenvalue weighted by molar-refractivity contribution is -0.122. The average molecular weight is 402 g/mol. The van der Waals surface area contributed by atoms with E-state index in [1.807, 2.05) is 73.8 Å². The van der Waals surface area contributed by atoms with Crippen molar-refractivity contribution in [1.29, 1.82) is 0 Å². The monoisotopic (exact) mass is 401 g/mol. The first-order valence-corrected chi connectivity index (χ1v) is 9.04. The van der Waals surface area contributed by atoms with Gasteiger partial charge in [0.25, 0.3) is 6.47 Å². The Hall–Kier alpha value is -3.75. The standard InChI is InChI=1S/C22H14ClN3.CH2O2/c1-15-9-11-21(22-24-14-17-6-2-3-8-20(17)26-22)25-19(15)12-10-16-5-4-7-18(23)13-16;2-1-3/h2-9,11,13-14H,1H3;1H,(H,2,3). The summed E-state index contributed by atoms with van der Waals surface area (Å²) in [5, 5.41) is 8.56. The summed E-state index contributed by atoms with van der Waals surface area (Å²) in [6.07, 6.45) is 1.82. The molecule has 0 radical (unpaired) electrons. The molecule has 4 rings (SSSR count). The van der Waals surface area contributed by atoms with Crippen molar-refractivity contribution in [2.24, 2.45) is 0 Å². The maximum Gasteiger partial charge on any atom is 0.290 e. The van der Waals surface area contributed by atoms with Crippen molar-refractivity contribution in [3.05, 3.63) is 88.7 Å². The van der Waals surface area contributed by atoms with E-state index >= 15 is 0 Å². The zero-order valence-electron chi connectivity index (χ0n) is 15.5. The lowest BCUT2D eigenvalue weighted by Crippen LogP contribution is -1.96. The fraction of sp³-hybridized carbons (Fsp3) is 0.0435. The van der Waals surface area contributed by atoms with Crippen LogP contribution in [0.2, 0.25) is 5.02 Å². The molecule has 0 unspecified atom stereocenters. The topological polar surface area (TPSA) is 76.0 Å². The smallest absolute Gasteiger partial charge is 0.290 e. The van der Waals surface area contributed by atoms with Gasteiger partial charge in [-0.25, -0.2) is 15.0 Å². The highest BCUT2D eigenvalue weighted by atomic mass is 35.5. The normalized spacial score (nSPS) is 9.72. The average Bonchev–Trinajstić information content (AvgIpc) is 2.73. The molecule has 0 saturated heterocycles. The van der Waals surface area contributed by atoms with Crippen LogP contribution in [0, 0.1) is 18.8 Å². The summed E-state index contributed by atoms with van der Waals surface area (Å²) in [6.45, 7) is 1.74. The number of fused-ring (bicyclic) bond motifs is 1. The Labute approximate surface area is 173 Å². The van der Waals surface area contributed by atoms with Gasteiger partial charge in [-0.1, -0.05) is 47.9 Å². The van der Waals surface area contributed by atoms with Crippen LogP contribution >= 0.6 is 11.6 Å². The van der Waals surface area contributed by atoms with Crippen molar-refractivity contribution in [3.63, 3.8) is 0 Å². The van der Waals surface area contributed by atoms with Gasteiger partial charge in [0.1, 0.15) is 11.4 Å². The molecule has 0 fully saturated rings. The number of pyridine rings is 1. The first-order valence-electron chi connectivity index (χ1n) is 8.66. The molecule has 0 aliphatic heterocycles. The SMILES string of the molecule is Cc1ccc(-c2ncc3ccccc3n2)nc1C#Cc1cccc(Cl)c1.O=CO. The second kappa shape index (κ2) is 9.45. The fourth-order valence-electron chi connectivity index (χ4n) is 2.57. The van der Waals surface area contributed by atoms with Crippen LogP contribution in [0.4, 0.5) is 0 Å². The maximum atomic E-state index is 8.36. The zero-order chi connectivity index (χ0) is 20.6. The number of para-hydroxylation sites is 1. The number of halogens is 1. The van der Waals surface area contributed by atoms with Gasteiger partial charge in [-0.2, -0.15) is 0 Å². The number of rotatable bonds is 1. The van der Waals surface area contributed by atoms with Crippen LogP contribution in [-0.4, -0.2) is 26.5 Å². The largest absolute Gasteiger partial charge is 0.483 e. The number of hydrogen-bond acceptors (Lipinski definition) is 4. The number of nitrogens with zero attached hydrogens (tertiary/aromatic N) is 3. The number of hydrogen-bond donors (Lipinski definition) is 1. The van der Waals surface area contributed by atoms with Crippen LogP contribution in [0.3, 0.4) is 0 Å². The minimum Gasteiger partial charge on any atom is -0.483 e. The number of carboxylic acid groups (broad SMARTS) is 1. The Kier molecular flexibility index (Phi) is 6.51. The van der Waals surface area contributed by atoms with Crippen molar-refractivity contribution in [2.45, 2.75) is 6.92 Å². The van der Waals surface area contributed by atoms with Gasteiger partial charge in [0, 0.05) is 22.2 Å². The predicted molar refractivity (Wildman–Crippen MR) is 114 cm³/mol. The van der Waals surface area contributed by atoms with Crippen molar-refractivity contribution < 1.29 is 9.90 Å². The molecular formula is C23H16ClN3O2. The highest BCUT2D eigenvalue weighted by Gasteiger charge is 2.07. The van der Waals surface area contributed by atoms with Crippen molar-refractivity contribution in [3.8, 4) is 23.4 Å². The number of benzene rings is 2. The lowest BCUT2D eigenvalue weighted by Gasteiger charge is -2.04. The van der Waals surface area contributed by atoms with Crippen LogP contribution in [0.15, 0.2) is 66.9 Å². The van der Waals surface area contributed by atoms with Crippen molar-refractivity contribution in [1.82, 2.24) is 15.0 Å². The van der Waals surface area contributed by atoms with Crippen LogP contribution in [0.1, 0.15) is 16.8 Å². The highest BCUT2D eigenvalue weighted by Crippen LogP contribution is 2.18. The molecule has 1 N–H and O–H groups in total. The Morgan fingerprint density at radius 3 is 2.59 bits per heavy atom. The van der Waals surface area contributed by atoms with Crippen LogP contribution in [0.5, 0.6) is 0 Å². The van der Waals surface area contributed by atoms with E-state index in [0.29, 0.717) is 22.2 Å². The minimum absolute atomic E-state index is 0.250. The summed E-state index contributed by atoms with van der Waals surface area (Å²) in [7, 11) is 0. The molecule has 2 aromatic heterocycles. The van der Waals surface area contributed by atoms with Gasteiger partial charge >= 0.3 is 0 Å². The molecule has 5 nitrogen and oxygen atoms in total. The zero-order valence-corrected chi connectivity index (χ0v) is 16.3. The molecule has 142 valence electrons. The molecule has 0 spiro atoms. The van der Waals surface area contributed by atoms with E-state index in [4.69, 9.17) is 21.5 Å². The van der Waals surface area contributed by atoms with Crippen molar-refractivity contribution in [2.75, 3.05) is 0 Å². The third kappa shape index (κ3) is 5.16.